The van der Waals surface area contributed by atoms with Gasteiger partial charge in [0.15, 0.2) is 5.69 Å². The first-order valence-corrected chi connectivity index (χ1v) is 9.10. The number of aromatic nitrogens is 2. The minimum Gasteiger partial charge on any atom is -0.494 e. The average molecular weight is 376 g/mol. The molecule has 0 saturated heterocycles. The molecule has 0 fully saturated rings. The van der Waals surface area contributed by atoms with Gasteiger partial charge in [0.1, 0.15) is 16.4 Å². The highest BCUT2D eigenvalue weighted by molar-refractivity contribution is 7.21. The van der Waals surface area contributed by atoms with Crippen molar-refractivity contribution in [3.8, 4) is 27.4 Å². The summed E-state index contributed by atoms with van der Waals surface area (Å²) in [6.07, 6.45) is 1.80. The van der Waals surface area contributed by atoms with E-state index < -0.39 is 0 Å². The summed E-state index contributed by atoms with van der Waals surface area (Å²) < 4.78 is 5.25. The zero-order chi connectivity index (χ0) is 18.8. The van der Waals surface area contributed by atoms with Crippen molar-refractivity contribution in [2.24, 2.45) is 5.18 Å². The molecule has 0 bridgehead atoms. The zero-order valence-corrected chi connectivity index (χ0v) is 15.6. The molecule has 0 aliphatic rings. The summed E-state index contributed by atoms with van der Waals surface area (Å²) in [7, 11) is 3.36. The van der Waals surface area contributed by atoms with Crippen LogP contribution in [0.25, 0.3) is 31.9 Å². The summed E-state index contributed by atoms with van der Waals surface area (Å²) in [5.41, 5.74) is 2.85. The van der Waals surface area contributed by atoms with Gasteiger partial charge in [-0.15, -0.1) is 16.2 Å². The summed E-state index contributed by atoms with van der Waals surface area (Å²) >= 11 is 1.52. The van der Waals surface area contributed by atoms with Crippen LogP contribution in [-0.4, -0.2) is 24.1 Å². The Balaban J connectivity index is 1.78. The highest BCUT2D eigenvalue weighted by Crippen LogP contribution is 2.42. The number of hydrogen-bond donors (Lipinski definition) is 1. The number of thiophene rings is 1. The SMILES string of the molecule is CNc1ccc(-c2ccc3cc(-c4cccc(OC)c4N=O)sc3n2)cn1. The number of methoxy groups -OCH3 is 1. The number of hydrogen-bond acceptors (Lipinski definition) is 7. The van der Waals surface area contributed by atoms with Gasteiger partial charge in [-0.1, -0.05) is 12.1 Å². The summed E-state index contributed by atoms with van der Waals surface area (Å²) in [6.45, 7) is 0. The zero-order valence-electron chi connectivity index (χ0n) is 14.8. The van der Waals surface area contributed by atoms with Gasteiger partial charge in [0.05, 0.1) is 12.8 Å². The molecule has 0 spiro atoms. The largest absolute Gasteiger partial charge is 0.494 e. The Morgan fingerprint density at radius 3 is 2.74 bits per heavy atom. The quantitative estimate of drug-likeness (QED) is 0.467. The van der Waals surface area contributed by atoms with E-state index in [1.165, 1.54) is 18.4 Å². The molecule has 27 heavy (non-hydrogen) atoms. The van der Waals surface area contributed by atoms with Crippen LogP contribution in [0.4, 0.5) is 11.5 Å². The van der Waals surface area contributed by atoms with Gasteiger partial charge in [0.2, 0.25) is 0 Å². The van der Waals surface area contributed by atoms with Gasteiger partial charge in [0.25, 0.3) is 0 Å². The first kappa shape index (κ1) is 17.1. The topological polar surface area (TPSA) is 76.5 Å². The lowest BCUT2D eigenvalue weighted by molar-refractivity contribution is 0.416. The van der Waals surface area contributed by atoms with Crippen LogP contribution in [0.2, 0.25) is 0 Å². The molecule has 0 radical (unpaired) electrons. The average Bonchev–Trinajstić information content (AvgIpc) is 3.16. The van der Waals surface area contributed by atoms with Crippen LogP contribution in [0.3, 0.4) is 0 Å². The molecular formula is C20H16N4O2S. The van der Waals surface area contributed by atoms with Crippen molar-refractivity contribution in [2.45, 2.75) is 0 Å². The molecule has 3 aromatic heterocycles. The number of rotatable bonds is 5. The van der Waals surface area contributed by atoms with Crippen molar-refractivity contribution in [1.29, 1.82) is 0 Å². The highest BCUT2D eigenvalue weighted by atomic mass is 32.1. The van der Waals surface area contributed by atoms with E-state index in [-0.39, 0.29) is 0 Å². The van der Waals surface area contributed by atoms with Crippen molar-refractivity contribution < 1.29 is 4.74 Å². The maximum atomic E-state index is 11.3. The molecule has 3 heterocycles. The summed E-state index contributed by atoms with van der Waals surface area (Å²) in [5, 5.41) is 7.18. The molecule has 7 heteroatoms. The first-order chi connectivity index (χ1) is 13.2. The fourth-order valence-electron chi connectivity index (χ4n) is 2.88. The maximum Gasteiger partial charge on any atom is 0.158 e. The van der Waals surface area contributed by atoms with Gasteiger partial charge in [-0.05, 0) is 41.6 Å². The van der Waals surface area contributed by atoms with Gasteiger partial charge in [-0.25, -0.2) is 9.97 Å². The van der Waals surface area contributed by atoms with Gasteiger partial charge in [0, 0.05) is 34.6 Å². The number of pyridine rings is 2. The number of fused-ring (bicyclic) bond motifs is 1. The molecule has 1 N–H and O–H groups in total. The van der Waals surface area contributed by atoms with Crippen LogP contribution in [0.15, 0.2) is 59.9 Å². The van der Waals surface area contributed by atoms with Crippen molar-refractivity contribution in [3.05, 3.63) is 59.6 Å². The molecule has 0 unspecified atom stereocenters. The second-order valence-corrected chi connectivity index (χ2v) is 6.86. The van der Waals surface area contributed by atoms with E-state index in [9.17, 15) is 4.91 Å². The predicted molar refractivity (Wildman–Crippen MR) is 110 cm³/mol. The first-order valence-electron chi connectivity index (χ1n) is 8.29. The number of nitrogens with one attached hydrogen (secondary N) is 1. The fourth-order valence-corrected chi connectivity index (χ4v) is 3.94. The smallest absolute Gasteiger partial charge is 0.158 e. The number of anilines is 1. The summed E-state index contributed by atoms with van der Waals surface area (Å²) in [6, 6.07) is 15.4. The predicted octanol–water partition coefficient (Wildman–Crippen LogP) is 5.47. The maximum absolute atomic E-state index is 11.3. The minimum atomic E-state index is 0.304. The number of nitrogens with zero attached hydrogens (tertiary/aromatic N) is 3. The Morgan fingerprint density at radius 2 is 2.04 bits per heavy atom. The van der Waals surface area contributed by atoms with Crippen LogP contribution < -0.4 is 10.1 Å². The van der Waals surface area contributed by atoms with Gasteiger partial charge in [-0.3, -0.25) is 0 Å². The second-order valence-electron chi connectivity index (χ2n) is 5.83. The Morgan fingerprint density at radius 1 is 1.15 bits per heavy atom. The molecule has 0 aliphatic heterocycles. The van der Waals surface area contributed by atoms with Crippen molar-refractivity contribution in [2.75, 3.05) is 19.5 Å². The van der Waals surface area contributed by atoms with Crippen LogP contribution in [-0.2, 0) is 0 Å². The molecule has 1 aromatic carbocycles. The normalized spacial score (nSPS) is 10.7. The van der Waals surface area contributed by atoms with Crippen LogP contribution in [0, 0.1) is 4.91 Å². The standard InChI is InChI=1S/C20H16N4O2S/c1-21-18-9-7-13(11-22-18)15-8-6-12-10-17(27-20(12)23-15)14-4-3-5-16(26-2)19(14)24-25/h3-11H,1-2H3,(H,21,22). The highest BCUT2D eigenvalue weighted by Gasteiger charge is 2.15. The molecule has 0 atom stereocenters. The molecule has 0 amide bonds. The molecule has 4 aromatic rings. The Bertz CT molecular complexity index is 1120. The van der Waals surface area contributed by atoms with Crippen molar-refractivity contribution in [3.63, 3.8) is 0 Å². The molecule has 0 aliphatic carbocycles. The summed E-state index contributed by atoms with van der Waals surface area (Å²) in [4.78, 5) is 22.2. The molecule has 134 valence electrons. The van der Waals surface area contributed by atoms with Gasteiger partial charge in [-0.2, -0.15) is 0 Å². The minimum absolute atomic E-state index is 0.304. The van der Waals surface area contributed by atoms with Gasteiger partial charge >= 0.3 is 0 Å². The van der Waals surface area contributed by atoms with Crippen LogP contribution >= 0.6 is 11.3 Å². The third-order valence-corrected chi connectivity index (χ3v) is 5.35. The van der Waals surface area contributed by atoms with Gasteiger partial charge < -0.3 is 10.1 Å². The van der Waals surface area contributed by atoms with E-state index in [0.717, 1.165) is 37.7 Å². The molecular weight excluding hydrogens is 360 g/mol. The van der Waals surface area contributed by atoms with E-state index in [4.69, 9.17) is 9.72 Å². The molecule has 6 nitrogen and oxygen atoms in total. The number of ether oxygens (including phenoxy) is 1. The Kier molecular flexibility index (Phi) is 4.52. The fraction of sp³-hybridized carbons (Fsp3) is 0.100. The molecule has 4 rings (SSSR count). The number of nitroso groups, excluding NO2 is 1. The van der Waals surface area contributed by atoms with Crippen molar-refractivity contribution >= 4 is 33.1 Å². The second kappa shape index (κ2) is 7.13. The van der Waals surface area contributed by atoms with E-state index >= 15 is 0 Å². The Labute approximate surface area is 159 Å². The van der Waals surface area contributed by atoms with Crippen LogP contribution in [0.5, 0.6) is 5.75 Å². The van der Waals surface area contributed by atoms with E-state index in [0.29, 0.717) is 11.4 Å². The monoisotopic (exact) mass is 376 g/mol. The third kappa shape index (κ3) is 3.13. The summed E-state index contributed by atoms with van der Waals surface area (Å²) in [5.74, 6) is 1.27. The van der Waals surface area contributed by atoms with E-state index in [1.54, 1.807) is 12.3 Å². The number of benzene rings is 1. The Hall–Kier alpha value is -3.32. The lowest BCUT2D eigenvalue weighted by Gasteiger charge is -2.05. The lowest BCUT2D eigenvalue weighted by Crippen LogP contribution is -1.91. The van der Waals surface area contributed by atoms with Crippen LogP contribution in [0.1, 0.15) is 0 Å². The third-order valence-electron chi connectivity index (χ3n) is 4.27. The van der Waals surface area contributed by atoms with E-state index in [2.05, 4.69) is 15.5 Å². The van der Waals surface area contributed by atoms with E-state index in [1.807, 2.05) is 49.5 Å². The lowest BCUT2D eigenvalue weighted by atomic mass is 10.1. The van der Waals surface area contributed by atoms with Crippen molar-refractivity contribution in [1.82, 2.24) is 9.97 Å². The molecule has 0 saturated carbocycles.